The van der Waals surface area contributed by atoms with Crippen LogP contribution in [0, 0.1) is 26.6 Å². The summed E-state index contributed by atoms with van der Waals surface area (Å²) in [6.07, 6.45) is 0. The molecule has 0 aliphatic rings. The Bertz CT molecular complexity index is 614. The fraction of sp³-hybridized carbons (Fsp3) is 0.286. The highest BCUT2D eigenvalue weighted by molar-refractivity contribution is 5.39. The molecule has 4 nitrogen and oxygen atoms in total. The van der Waals surface area contributed by atoms with Crippen LogP contribution in [0.4, 0.5) is 4.39 Å². The molecule has 1 aromatic carbocycles. The van der Waals surface area contributed by atoms with Gasteiger partial charge in [0.15, 0.2) is 0 Å². The molecule has 0 aliphatic heterocycles. The van der Waals surface area contributed by atoms with Crippen molar-refractivity contribution in [1.82, 2.24) is 10.2 Å². The van der Waals surface area contributed by atoms with Crippen LogP contribution >= 0.6 is 0 Å². The maximum absolute atomic E-state index is 13.2. The first-order valence-electron chi connectivity index (χ1n) is 5.99. The van der Waals surface area contributed by atoms with Crippen LogP contribution < -0.4 is 10.5 Å². The van der Waals surface area contributed by atoms with Crippen LogP contribution in [0.1, 0.15) is 22.4 Å². The summed E-state index contributed by atoms with van der Waals surface area (Å²) < 4.78 is 18.8. The Balaban J connectivity index is 2.38. The van der Waals surface area contributed by atoms with Crippen molar-refractivity contribution in [3.8, 4) is 11.6 Å². The minimum absolute atomic E-state index is 0.266. The molecule has 100 valence electrons. The second kappa shape index (κ2) is 5.32. The Labute approximate surface area is 111 Å². The van der Waals surface area contributed by atoms with E-state index in [-0.39, 0.29) is 5.82 Å². The molecule has 1 heterocycles. The molecule has 2 rings (SSSR count). The minimum atomic E-state index is -0.266. The lowest BCUT2D eigenvalue weighted by Crippen LogP contribution is -2.07. The SMILES string of the molecule is Cc1cc(Oc2nnc(C)c(C)c2CN)ccc1F. The molecule has 0 saturated carbocycles. The van der Waals surface area contributed by atoms with Gasteiger partial charge in [-0.05, 0) is 50.1 Å². The van der Waals surface area contributed by atoms with E-state index in [1.165, 1.54) is 6.07 Å². The molecule has 1 aromatic heterocycles. The fourth-order valence-corrected chi connectivity index (χ4v) is 1.75. The molecule has 0 spiro atoms. The largest absolute Gasteiger partial charge is 0.437 e. The number of nitrogens with zero attached hydrogens (tertiary/aromatic N) is 2. The fourth-order valence-electron chi connectivity index (χ4n) is 1.75. The van der Waals surface area contributed by atoms with Crippen LogP contribution in [-0.2, 0) is 6.54 Å². The van der Waals surface area contributed by atoms with Gasteiger partial charge in [0.1, 0.15) is 11.6 Å². The molecule has 0 saturated heterocycles. The number of rotatable bonds is 3. The maximum atomic E-state index is 13.2. The molecule has 19 heavy (non-hydrogen) atoms. The predicted octanol–water partition coefficient (Wildman–Crippen LogP) is 2.79. The Morgan fingerprint density at radius 1 is 1.21 bits per heavy atom. The van der Waals surface area contributed by atoms with Crippen molar-refractivity contribution in [2.45, 2.75) is 27.3 Å². The van der Waals surface area contributed by atoms with Crippen LogP contribution in [0.3, 0.4) is 0 Å². The van der Waals surface area contributed by atoms with E-state index in [9.17, 15) is 4.39 Å². The van der Waals surface area contributed by atoms with E-state index in [0.717, 1.165) is 16.8 Å². The van der Waals surface area contributed by atoms with Crippen LogP contribution in [0.5, 0.6) is 11.6 Å². The molecule has 0 unspecified atom stereocenters. The zero-order chi connectivity index (χ0) is 14.0. The molecule has 0 radical (unpaired) electrons. The summed E-state index contributed by atoms with van der Waals surface area (Å²) in [4.78, 5) is 0. The highest BCUT2D eigenvalue weighted by atomic mass is 19.1. The first-order valence-corrected chi connectivity index (χ1v) is 5.99. The van der Waals surface area contributed by atoms with Gasteiger partial charge in [-0.3, -0.25) is 0 Å². The van der Waals surface area contributed by atoms with Crippen LogP contribution in [0.25, 0.3) is 0 Å². The van der Waals surface area contributed by atoms with Crippen molar-refractivity contribution in [1.29, 1.82) is 0 Å². The van der Waals surface area contributed by atoms with Crippen molar-refractivity contribution in [3.63, 3.8) is 0 Å². The first-order chi connectivity index (χ1) is 9.02. The molecule has 0 atom stereocenters. The van der Waals surface area contributed by atoms with Gasteiger partial charge in [-0.25, -0.2) is 4.39 Å². The zero-order valence-electron chi connectivity index (χ0n) is 11.2. The highest BCUT2D eigenvalue weighted by Gasteiger charge is 2.12. The minimum Gasteiger partial charge on any atom is -0.437 e. The van der Waals surface area contributed by atoms with Gasteiger partial charge in [0.25, 0.3) is 0 Å². The van der Waals surface area contributed by atoms with E-state index in [0.29, 0.717) is 23.7 Å². The van der Waals surface area contributed by atoms with E-state index in [2.05, 4.69) is 10.2 Å². The van der Waals surface area contributed by atoms with Gasteiger partial charge in [0.2, 0.25) is 5.88 Å². The van der Waals surface area contributed by atoms with Crippen molar-refractivity contribution in [3.05, 3.63) is 46.4 Å². The van der Waals surface area contributed by atoms with Gasteiger partial charge < -0.3 is 10.5 Å². The quantitative estimate of drug-likeness (QED) is 0.922. The topological polar surface area (TPSA) is 61.0 Å². The van der Waals surface area contributed by atoms with Crippen LogP contribution in [-0.4, -0.2) is 10.2 Å². The summed E-state index contributed by atoms with van der Waals surface area (Å²) in [7, 11) is 0. The Morgan fingerprint density at radius 2 is 1.95 bits per heavy atom. The van der Waals surface area contributed by atoms with Gasteiger partial charge in [-0.1, -0.05) is 0 Å². The lowest BCUT2D eigenvalue weighted by atomic mass is 10.1. The average molecular weight is 261 g/mol. The smallest absolute Gasteiger partial charge is 0.243 e. The van der Waals surface area contributed by atoms with E-state index in [1.807, 2.05) is 13.8 Å². The second-order valence-electron chi connectivity index (χ2n) is 4.41. The van der Waals surface area contributed by atoms with Gasteiger partial charge in [-0.15, -0.1) is 5.10 Å². The summed E-state index contributed by atoms with van der Waals surface area (Å²) in [5, 5.41) is 8.03. The zero-order valence-corrected chi connectivity index (χ0v) is 11.2. The van der Waals surface area contributed by atoms with Gasteiger partial charge in [0, 0.05) is 12.1 Å². The summed E-state index contributed by atoms with van der Waals surface area (Å²) >= 11 is 0. The Kier molecular flexibility index (Phi) is 3.76. The molecule has 5 heteroatoms. The third kappa shape index (κ3) is 2.71. The summed E-state index contributed by atoms with van der Waals surface area (Å²) in [5.41, 5.74) is 8.84. The Morgan fingerprint density at radius 3 is 2.58 bits per heavy atom. The first kappa shape index (κ1) is 13.4. The molecule has 2 aromatic rings. The van der Waals surface area contributed by atoms with E-state index in [4.69, 9.17) is 10.5 Å². The number of halogens is 1. The average Bonchev–Trinajstić information content (AvgIpc) is 2.39. The molecule has 0 amide bonds. The predicted molar refractivity (Wildman–Crippen MR) is 70.6 cm³/mol. The van der Waals surface area contributed by atoms with E-state index < -0.39 is 0 Å². The number of ether oxygens (including phenoxy) is 1. The monoisotopic (exact) mass is 261 g/mol. The standard InChI is InChI=1S/C14H16FN3O/c1-8-6-11(4-5-13(8)15)19-14-12(7-16)9(2)10(3)17-18-14/h4-6H,7,16H2,1-3H3. The lowest BCUT2D eigenvalue weighted by molar-refractivity contribution is 0.444. The molecule has 2 N–H and O–H groups in total. The van der Waals surface area contributed by atoms with Crippen LogP contribution in [0.15, 0.2) is 18.2 Å². The molecule has 0 fully saturated rings. The maximum Gasteiger partial charge on any atom is 0.243 e. The summed E-state index contributed by atoms with van der Waals surface area (Å²) in [6, 6.07) is 4.53. The normalized spacial score (nSPS) is 10.6. The van der Waals surface area contributed by atoms with Gasteiger partial charge in [-0.2, -0.15) is 5.10 Å². The number of benzene rings is 1. The lowest BCUT2D eigenvalue weighted by Gasteiger charge is -2.12. The van der Waals surface area contributed by atoms with Crippen LogP contribution in [0.2, 0.25) is 0 Å². The second-order valence-corrected chi connectivity index (χ2v) is 4.41. The summed E-state index contributed by atoms with van der Waals surface area (Å²) in [5.74, 6) is 0.625. The van der Waals surface area contributed by atoms with Crippen molar-refractivity contribution in [2.75, 3.05) is 0 Å². The van der Waals surface area contributed by atoms with E-state index >= 15 is 0 Å². The third-order valence-electron chi connectivity index (χ3n) is 3.09. The molecule has 0 bridgehead atoms. The number of hydrogen-bond donors (Lipinski definition) is 1. The number of aryl methyl sites for hydroxylation is 2. The Hall–Kier alpha value is -2.01. The summed E-state index contributed by atoms with van der Waals surface area (Å²) in [6.45, 7) is 5.79. The third-order valence-corrected chi connectivity index (χ3v) is 3.09. The number of hydrogen-bond acceptors (Lipinski definition) is 4. The molecule has 0 aliphatic carbocycles. The van der Waals surface area contributed by atoms with Crippen molar-refractivity contribution < 1.29 is 9.13 Å². The van der Waals surface area contributed by atoms with Gasteiger partial charge >= 0.3 is 0 Å². The van der Waals surface area contributed by atoms with E-state index in [1.54, 1.807) is 19.1 Å². The molecular weight excluding hydrogens is 245 g/mol. The van der Waals surface area contributed by atoms with Crippen molar-refractivity contribution >= 4 is 0 Å². The number of aromatic nitrogens is 2. The molecular formula is C14H16FN3O. The highest BCUT2D eigenvalue weighted by Crippen LogP contribution is 2.26. The number of nitrogens with two attached hydrogens (primary N) is 1. The van der Waals surface area contributed by atoms with Gasteiger partial charge in [0.05, 0.1) is 5.69 Å². The van der Waals surface area contributed by atoms with Crippen molar-refractivity contribution in [2.24, 2.45) is 5.73 Å².